The molecule has 1 aliphatic carbocycles. The van der Waals surface area contributed by atoms with Crippen molar-refractivity contribution in [1.29, 1.82) is 0 Å². The highest BCUT2D eigenvalue weighted by Crippen LogP contribution is 2.35. The molecule has 2 saturated heterocycles. The van der Waals surface area contributed by atoms with Gasteiger partial charge in [-0.1, -0.05) is 19.3 Å². The summed E-state index contributed by atoms with van der Waals surface area (Å²) < 4.78 is 5.68. The van der Waals surface area contributed by atoms with Gasteiger partial charge < -0.3 is 15.0 Å². The number of piperidine rings is 1. The largest absolute Gasteiger partial charge is 0.461 e. The van der Waals surface area contributed by atoms with Gasteiger partial charge in [-0.15, -0.1) is 0 Å². The molecule has 4 nitrogen and oxygen atoms in total. The molecule has 4 heteroatoms. The second kappa shape index (κ2) is 6.44. The lowest BCUT2D eigenvalue weighted by Crippen LogP contribution is -2.44. The van der Waals surface area contributed by atoms with E-state index in [1.165, 1.54) is 44.9 Å². The van der Waals surface area contributed by atoms with Crippen molar-refractivity contribution in [1.82, 2.24) is 10.2 Å². The molecule has 3 rings (SSSR count). The number of rotatable bonds is 4. The molecule has 114 valence electrons. The lowest BCUT2D eigenvalue weighted by Gasteiger charge is -2.35. The third kappa shape index (κ3) is 3.34. The van der Waals surface area contributed by atoms with Crippen LogP contribution in [0.5, 0.6) is 0 Å². The van der Waals surface area contributed by atoms with E-state index in [2.05, 4.69) is 17.3 Å². The number of nitrogens with zero attached hydrogens (tertiary/aromatic N) is 1. The Morgan fingerprint density at radius 1 is 1.10 bits per heavy atom. The van der Waals surface area contributed by atoms with E-state index >= 15 is 0 Å². The maximum absolute atomic E-state index is 12.0. The molecule has 20 heavy (non-hydrogen) atoms. The van der Waals surface area contributed by atoms with Crippen molar-refractivity contribution in [3.05, 3.63) is 0 Å². The van der Waals surface area contributed by atoms with Crippen LogP contribution >= 0.6 is 0 Å². The standard InChI is InChI=1S/C16H28N2O2/c1-18-13-7-8-14(18)10-15(9-13)20-16(19)11-17-12-5-3-2-4-6-12/h12-15,17H,2-11H2,1H3/t13-,14-/m0/s1. The van der Waals surface area contributed by atoms with Gasteiger partial charge in [0.1, 0.15) is 6.10 Å². The molecule has 0 radical (unpaired) electrons. The summed E-state index contributed by atoms with van der Waals surface area (Å²) in [6.07, 6.45) is 11.1. The van der Waals surface area contributed by atoms with E-state index in [0.717, 1.165) is 12.8 Å². The van der Waals surface area contributed by atoms with Crippen LogP contribution in [0.2, 0.25) is 0 Å². The van der Waals surface area contributed by atoms with Gasteiger partial charge in [0.2, 0.25) is 0 Å². The van der Waals surface area contributed by atoms with E-state index in [9.17, 15) is 4.79 Å². The smallest absolute Gasteiger partial charge is 0.320 e. The van der Waals surface area contributed by atoms with E-state index < -0.39 is 0 Å². The Morgan fingerprint density at radius 3 is 2.40 bits per heavy atom. The summed E-state index contributed by atoms with van der Waals surface area (Å²) >= 11 is 0. The molecule has 0 aromatic rings. The molecule has 1 saturated carbocycles. The van der Waals surface area contributed by atoms with Gasteiger partial charge in [0.05, 0.1) is 6.54 Å². The SMILES string of the molecule is CN1[C@H]2CC[C@H]1CC(OC(=O)CNC1CCCCC1)C2. The summed E-state index contributed by atoms with van der Waals surface area (Å²) in [6, 6.07) is 1.81. The predicted octanol–water partition coefficient (Wildman–Crippen LogP) is 2.08. The summed E-state index contributed by atoms with van der Waals surface area (Å²) in [4.78, 5) is 14.4. The van der Waals surface area contributed by atoms with Crippen LogP contribution in [0.25, 0.3) is 0 Å². The average molecular weight is 280 g/mol. The minimum Gasteiger partial charge on any atom is -0.461 e. The maximum atomic E-state index is 12.0. The Labute approximate surface area is 122 Å². The molecule has 0 spiro atoms. The van der Waals surface area contributed by atoms with Gasteiger partial charge in [0.25, 0.3) is 0 Å². The van der Waals surface area contributed by atoms with Crippen LogP contribution in [0.3, 0.4) is 0 Å². The first-order chi connectivity index (χ1) is 9.72. The van der Waals surface area contributed by atoms with Gasteiger partial charge in [0, 0.05) is 18.1 Å². The number of fused-ring (bicyclic) bond motifs is 2. The van der Waals surface area contributed by atoms with Crippen molar-refractivity contribution < 1.29 is 9.53 Å². The quantitative estimate of drug-likeness (QED) is 0.801. The molecular weight excluding hydrogens is 252 g/mol. The van der Waals surface area contributed by atoms with Crippen molar-refractivity contribution in [3.8, 4) is 0 Å². The summed E-state index contributed by atoms with van der Waals surface area (Å²) in [5, 5.41) is 3.37. The number of ether oxygens (including phenoxy) is 1. The molecule has 3 fully saturated rings. The van der Waals surface area contributed by atoms with Crippen LogP contribution in [0.1, 0.15) is 57.8 Å². The molecular formula is C16H28N2O2. The average Bonchev–Trinajstić information content (AvgIpc) is 2.68. The highest BCUT2D eigenvalue weighted by atomic mass is 16.5. The normalized spacial score (nSPS) is 35.1. The molecule has 2 heterocycles. The molecule has 3 aliphatic rings. The second-order valence-electron chi connectivity index (χ2n) is 6.85. The number of nitrogens with one attached hydrogen (secondary N) is 1. The van der Waals surface area contributed by atoms with Crippen molar-refractivity contribution in [2.24, 2.45) is 0 Å². The molecule has 0 aromatic carbocycles. The Morgan fingerprint density at radius 2 is 1.75 bits per heavy atom. The van der Waals surface area contributed by atoms with Gasteiger partial charge in [-0.05, 0) is 45.6 Å². The second-order valence-corrected chi connectivity index (χ2v) is 6.85. The molecule has 2 bridgehead atoms. The topological polar surface area (TPSA) is 41.6 Å². The maximum Gasteiger partial charge on any atom is 0.320 e. The van der Waals surface area contributed by atoms with Gasteiger partial charge in [0.15, 0.2) is 0 Å². The van der Waals surface area contributed by atoms with Crippen LogP contribution in [-0.2, 0) is 9.53 Å². The number of carbonyl (C=O) groups is 1. The molecule has 0 unspecified atom stereocenters. The van der Waals surface area contributed by atoms with Crippen LogP contribution < -0.4 is 5.32 Å². The summed E-state index contributed by atoms with van der Waals surface area (Å²) in [5.41, 5.74) is 0. The molecule has 0 aromatic heterocycles. The lowest BCUT2D eigenvalue weighted by molar-refractivity contribution is -0.151. The summed E-state index contributed by atoms with van der Waals surface area (Å²) in [5.74, 6) is -0.0514. The fourth-order valence-corrected chi connectivity index (χ4v) is 4.22. The minimum atomic E-state index is -0.0514. The van der Waals surface area contributed by atoms with E-state index in [1.54, 1.807) is 0 Å². The summed E-state index contributed by atoms with van der Waals surface area (Å²) in [7, 11) is 2.21. The van der Waals surface area contributed by atoms with Crippen LogP contribution in [-0.4, -0.2) is 48.7 Å². The Kier molecular flexibility index (Phi) is 4.61. The fraction of sp³-hybridized carbons (Fsp3) is 0.938. The molecule has 2 atom stereocenters. The first-order valence-electron chi connectivity index (χ1n) is 8.37. The number of hydrogen-bond donors (Lipinski definition) is 1. The van der Waals surface area contributed by atoms with Crippen molar-refractivity contribution in [3.63, 3.8) is 0 Å². The van der Waals surface area contributed by atoms with Crippen LogP contribution in [0.15, 0.2) is 0 Å². The van der Waals surface area contributed by atoms with E-state index in [0.29, 0.717) is 24.7 Å². The number of esters is 1. The highest BCUT2D eigenvalue weighted by molar-refractivity contribution is 5.71. The fourth-order valence-electron chi connectivity index (χ4n) is 4.22. The molecule has 2 aliphatic heterocycles. The molecule has 0 amide bonds. The lowest BCUT2D eigenvalue weighted by atomic mass is 9.95. The zero-order chi connectivity index (χ0) is 13.9. The Bertz CT molecular complexity index is 327. The predicted molar refractivity (Wildman–Crippen MR) is 78.6 cm³/mol. The zero-order valence-electron chi connectivity index (χ0n) is 12.6. The first kappa shape index (κ1) is 14.3. The summed E-state index contributed by atoms with van der Waals surface area (Å²) in [6.45, 7) is 0.395. The first-order valence-corrected chi connectivity index (χ1v) is 8.37. The number of hydrogen-bond acceptors (Lipinski definition) is 4. The molecule has 1 N–H and O–H groups in total. The third-order valence-electron chi connectivity index (χ3n) is 5.49. The van der Waals surface area contributed by atoms with E-state index in [1.807, 2.05) is 0 Å². The van der Waals surface area contributed by atoms with Crippen molar-refractivity contribution in [2.45, 2.75) is 82.0 Å². The van der Waals surface area contributed by atoms with Crippen molar-refractivity contribution >= 4 is 5.97 Å². The van der Waals surface area contributed by atoms with Crippen molar-refractivity contribution in [2.75, 3.05) is 13.6 Å². The van der Waals surface area contributed by atoms with Crippen LogP contribution in [0.4, 0.5) is 0 Å². The highest BCUT2D eigenvalue weighted by Gasteiger charge is 2.39. The zero-order valence-corrected chi connectivity index (χ0v) is 12.6. The Hall–Kier alpha value is -0.610. The van der Waals surface area contributed by atoms with Crippen LogP contribution in [0, 0.1) is 0 Å². The van der Waals surface area contributed by atoms with Gasteiger partial charge in [-0.25, -0.2) is 0 Å². The van der Waals surface area contributed by atoms with E-state index in [4.69, 9.17) is 4.74 Å². The number of carbonyl (C=O) groups excluding carboxylic acids is 1. The minimum absolute atomic E-state index is 0.0514. The van der Waals surface area contributed by atoms with Gasteiger partial charge >= 0.3 is 5.97 Å². The van der Waals surface area contributed by atoms with E-state index in [-0.39, 0.29) is 12.1 Å². The monoisotopic (exact) mass is 280 g/mol. The Balaban J connectivity index is 1.38. The van der Waals surface area contributed by atoms with Gasteiger partial charge in [-0.2, -0.15) is 0 Å². The third-order valence-corrected chi connectivity index (χ3v) is 5.49. The van der Waals surface area contributed by atoms with Gasteiger partial charge in [-0.3, -0.25) is 4.79 Å².